The second-order valence-corrected chi connectivity index (χ2v) is 5.84. The van der Waals surface area contributed by atoms with E-state index in [1.165, 1.54) is 17.7 Å². The molecule has 128 valence electrons. The fraction of sp³-hybridized carbons (Fsp3) is 0.200. The van der Waals surface area contributed by atoms with Crippen LogP contribution in [-0.2, 0) is 6.42 Å². The molecule has 0 spiro atoms. The summed E-state index contributed by atoms with van der Waals surface area (Å²) in [5.74, 6) is 1.78. The molecule has 0 radical (unpaired) electrons. The molecule has 0 saturated carbocycles. The smallest absolute Gasteiger partial charge is 0.136 e. The fourth-order valence-electron chi connectivity index (χ4n) is 2.59. The highest BCUT2D eigenvalue weighted by molar-refractivity contribution is 5.59. The monoisotopic (exact) mass is 336 g/mol. The van der Waals surface area contributed by atoms with Crippen molar-refractivity contribution >= 4 is 17.3 Å². The lowest BCUT2D eigenvalue weighted by atomic mass is 10.1. The fourth-order valence-corrected chi connectivity index (χ4v) is 2.59. The summed E-state index contributed by atoms with van der Waals surface area (Å²) in [5.41, 5.74) is 1.99. The van der Waals surface area contributed by atoms with E-state index in [1.54, 1.807) is 12.1 Å². The van der Waals surface area contributed by atoms with Gasteiger partial charge in [-0.1, -0.05) is 36.4 Å². The number of hydrogen-bond donors (Lipinski definition) is 2. The molecule has 25 heavy (non-hydrogen) atoms. The first-order valence-electron chi connectivity index (χ1n) is 8.35. The maximum atomic E-state index is 13.3. The van der Waals surface area contributed by atoms with Crippen LogP contribution in [0.2, 0.25) is 0 Å². The maximum absolute atomic E-state index is 13.3. The van der Waals surface area contributed by atoms with Crippen LogP contribution < -0.4 is 10.6 Å². The summed E-state index contributed by atoms with van der Waals surface area (Å²) in [4.78, 5) is 8.75. The van der Waals surface area contributed by atoms with Gasteiger partial charge in [0.1, 0.15) is 23.3 Å². The van der Waals surface area contributed by atoms with E-state index in [1.807, 2.05) is 19.1 Å². The zero-order valence-corrected chi connectivity index (χ0v) is 14.2. The van der Waals surface area contributed by atoms with E-state index in [-0.39, 0.29) is 5.82 Å². The average molecular weight is 336 g/mol. The standard InChI is InChI=1S/C20H21FN4/c1-15-23-19(22-12-6-9-16-7-3-2-4-8-16)14-20(24-15)25-18-11-5-10-17(21)13-18/h2-5,7-8,10-11,13-14H,6,9,12H2,1H3,(H2,22,23,24,25). The molecular weight excluding hydrogens is 315 g/mol. The predicted molar refractivity (Wildman–Crippen MR) is 99.7 cm³/mol. The average Bonchev–Trinajstić information content (AvgIpc) is 2.59. The summed E-state index contributed by atoms with van der Waals surface area (Å²) < 4.78 is 13.3. The Morgan fingerprint density at radius 2 is 1.72 bits per heavy atom. The van der Waals surface area contributed by atoms with Crippen LogP contribution in [0.1, 0.15) is 17.8 Å². The Bertz CT molecular complexity index is 821. The van der Waals surface area contributed by atoms with E-state index in [0.717, 1.165) is 25.2 Å². The first-order valence-corrected chi connectivity index (χ1v) is 8.35. The molecule has 4 nitrogen and oxygen atoms in total. The number of aromatic nitrogens is 2. The van der Waals surface area contributed by atoms with Crippen LogP contribution in [0.4, 0.5) is 21.7 Å². The van der Waals surface area contributed by atoms with Gasteiger partial charge in [-0.25, -0.2) is 14.4 Å². The molecule has 3 rings (SSSR count). The van der Waals surface area contributed by atoms with Gasteiger partial charge in [0.05, 0.1) is 0 Å². The maximum Gasteiger partial charge on any atom is 0.136 e. The summed E-state index contributed by atoms with van der Waals surface area (Å²) in [5, 5.41) is 6.44. The minimum atomic E-state index is -0.282. The Hall–Kier alpha value is -2.95. The molecule has 0 fully saturated rings. The van der Waals surface area contributed by atoms with Crippen LogP contribution >= 0.6 is 0 Å². The van der Waals surface area contributed by atoms with E-state index >= 15 is 0 Å². The lowest BCUT2D eigenvalue weighted by molar-refractivity contribution is 0.628. The highest BCUT2D eigenvalue weighted by Crippen LogP contribution is 2.18. The van der Waals surface area contributed by atoms with Gasteiger partial charge in [-0.05, 0) is 43.5 Å². The van der Waals surface area contributed by atoms with Crippen molar-refractivity contribution in [3.05, 3.63) is 77.9 Å². The Morgan fingerprint density at radius 3 is 2.52 bits per heavy atom. The number of rotatable bonds is 7. The SMILES string of the molecule is Cc1nc(NCCCc2ccccc2)cc(Nc2cccc(F)c2)n1. The summed E-state index contributed by atoms with van der Waals surface area (Å²) in [6, 6.07) is 18.6. The van der Waals surface area contributed by atoms with Gasteiger partial charge in [0.15, 0.2) is 0 Å². The second-order valence-electron chi connectivity index (χ2n) is 5.84. The van der Waals surface area contributed by atoms with Gasteiger partial charge in [0.25, 0.3) is 0 Å². The Labute approximate surface area is 147 Å². The number of aryl methyl sites for hydroxylation is 2. The van der Waals surface area contributed by atoms with Crippen LogP contribution in [0, 0.1) is 12.7 Å². The minimum absolute atomic E-state index is 0.282. The molecule has 2 aromatic carbocycles. The van der Waals surface area contributed by atoms with Crippen molar-refractivity contribution in [2.24, 2.45) is 0 Å². The van der Waals surface area contributed by atoms with E-state index in [0.29, 0.717) is 17.3 Å². The van der Waals surface area contributed by atoms with E-state index < -0.39 is 0 Å². The summed E-state index contributed by atoms with van der Waals surface area (Å²) >= 11 is 0. The van der Waals surface area contributed by atoms with Crippen molar-refractivity contribution in [2.45, 2.75) is 19.8 Å². The lowest BCUT2D eigenvalue weighted by Crippen LogP contribution is -2.07. The summed E-state index contributed by atoms with van der Waals surface area (Å²) in [6.45, 7) is 2.66. The van der Waals surface area contributed by atoms with Gasteiger partial charge < -0.3 is 10.6 Å². The van der Waals surface area contributed by atoms with Gasteiger partial charge >= 0.3 is 0 Å². The molecule has 0 aliphatic carbocycles. The molecule has 0 aliphatic heterocycles. The molecule has 1 heterocycles. The topological polar surface area (TPSA) is 49.8 Å². The highest BCUT2D eigenvalue weighted by atomic mass is 19.1. The molecule has 1 aromatic heterocycles. The molecule has 0 saturated heterocycles. The largest absolute Gasteiger partial charge is 0.370 e. The molecule has 2 N–H and O–H groups in total. The highest BCUT2D eigenvalue weighted by Gasteiger charge is 2.03. The molecule has 0 aliphatic rings. The molecule has 0 unspecified atom stereocenters. The summed E-state index contributed by atoms with van der Waals surface area (Å²) in [6.07, 6.45) is 2.03. The summed E-state index contributed by atoms with van der Waals surface area (Å²) in [7, 11) is 0. The lowest BCUT2D eigenvalue weighted by Gasteiger charge is -2.10. The number of nitrogens with zero attached hydrogens (tertiary/aromatic N) is 2. The number of anilines is 3. The van der Waals surface area contributed by atoms with Crippen molar-refractivity contribution < 1.29 is 4.39 Å². The molecule has 0 bridgehead atoms. The normalized spacial score (nSPS) is 10.5. The number of benzene rings is 2. The first-order chi connectivity index (χ1) is 12.2. The van der Waals surface area contributed by atoms with Crippen LogP contribution in [-0.4, -0.2) is 16.5 Å². The Morgan fingerprint density at radius 1 is 0.920 bits per heavy atom. The molecule has 5 heteroatoms. The third kappa shape index (κ3) is 5.28. The molecule has 0 atom stereocenters. The van der Waals surface area contributed by atoms with Gasteiger partial charge in [0.2, 0.25) is 0 Å². The van der Waals surface area contributed by atoms with Gasteiger partial charge in [-0.2, -0.15) is 0 Å². The van der Waals surface area contributed by atoms with Crippen LogP contribution in [0.15, 0.2) is 60.7 Å². The van der Waals surface area contributed by atoms with Crippen LogP contribution in [0.3, 0.4) is 0 Å². The Balaban J connectivity index is 1.57. The molecular formula is C20H21FN4. The van der Waals surface area contributed by atoms with E-state index in [2.05, 4.69) is 44.9 Å². The van der Waals surface area contributed by atoms with Crippen molar-refractivity contribution in [3.63, 3.8) is 0 Å². The zero-order chi connectivity index (χ0) is 17.5. The van der Waals surface area contributed by atoms with Crippen molar-refractivity contribution in [1.29, 1.82) is 0 Å². The number of nitrogens with one attached hydrogen (secondary N) is 2. The van der Waals surface area contributed by atoms with Gasteiger partial charge in [-0.15, -0.1) is 0 Å². The number of halogens is 1. The van der Waals surface area contributed by atoms with E-state index in [4.69, 9.17) is 0 Å². The third-order valence-electron chi connectivity index (χ3n) is 3.73. The second kappa shape index (κ2) is 8.24. The van der Waals surface area contributed by atoms with Gasteiger partial charge in [-0.3, -0.25) is 0 Å². The van der Waals surface area contributed by atoms with Gasteiger partial charge in [0, 0.05) is 18.3 Å². The van der Waals surface area contributed by atoms with Crippen molar-refractivity contribution in [2.75, 3.05) is 17.2 Å². The quantitative estimate of drug-likeness (QED) is 0.613. The molecule has 0 amide bonds. The zero-order valence-electron chi connectivity index (χ0n) is 14.2. The van der Waals surface area contributed by atoms with Crippen LogP contribution in [0.25, 0.3) is 0 Å². The predicted octanol–water partition coefficient (Wildman–Crippen LogP) is 4.71. The van der Waals surface area contributed by atoms with E-state index in [9.17, 15) is 4.39 Å². The minimum Gasteiger partial charge on any atom is -0.370 e. The third-order valence-corrected chi connectivity index (χ3v) is 3.73. The van der Waals surface area contributed by atoms with Crippen molar-refractivity contribution in [3.8, 4) is 0 Å². The first kappa shape index (κ1) is 16.9. The van der Waals surface area contributed by atoms with Crippen molar-refractivity contribution in [1.82, 2.24) is 9.97 Å². The number of hydrogen-bond acceptors (Lipinski definition) is 4. The molecule has 3 aromatic rings. The van der Waals surface area contributed by atoms with Crippen LogP contribution in [0.5, 0.6) is 0 Å². The Kier molecular flexibility index (Phi) is 5.57.